The minimum Gasteiger partial charge on any atom is -0.394 e. The first-order chi connectivity index (χ1) is 20.7. The zero-order valence-electron chi connectivity index (χ0n) is 26.1. The lowest BCUT2D eigenvalue weighted by molar-refractivity contribution is -0.378. The molecule has 3 saturated heterocycles. The van der Waals surface area contributed by atoms with Gasteiger partial charge in [-0.3, -0.25) is 0 Å². The Morgan fingerprint density at radius 1 is 0.932 bits per heavy atom. The molecule has 7 aliphatic rings. The summed E-state index contributed by atoms with van der Waals surface area (Å²) in [6, 6.07) is 0. The van der Waals surface area contributed by atoms with Gasteiger partial charge in [-0.1, -0.05) is 32.9 Å². The van der Waals surface area contributed by atoms with Crippen LogP contribution in [0.5, 0.6) is 0 Å². The van der Waals surface area contributed by atoms with Crippen molar-refractivity contribution in [2.24, 2.45) is 40.4 Å². The molecule has 18 atom stereocenters. The van der Waals surface area contributed by atoms with Crippen LogP contribution in [0.1, 0.15) is 72.1 Å². The molecule has 0 aromatic rings. The predicted molar refractivity (Wildman–Crippen MR) is 155 cm³/mol. The smallest absolute Gasteiger partial charge is 0.187 e. The van der Waals surface area contributed by atoms with Crippen LogP contribution < -0.4 is 0 Å². The van der Waals surface area contributed by atoms with Crippen LogP contribution in [0.15, 0.2) is 12.2 Å². The van der Waals surface area contributed by atoms with Gasteiger partial charge in [0.1, 0.15) is 30.5 Å². The van der Waals surface area contributed by atoms with Crippen LogP contribution in [-0.2, 0) is 18.9 Å². The van der Waals surface area contributed by atoms with Crippen molar-refractivity contribution in [1.29, 1.82) is 0 Å². The number of aliphatic hydroxyl groups is 7. The topological polar surface area (TPSA) is 179 Å². The Hall–Kier alpha value is -0.700. The molecule has 7 fully saturated rings. The molecule has 44 heavy (non-hydrogen) atoms. The summed E-state index contributed by atoms with van der Waals surface area (Å²) in [6.07, 6.45) is -5.64. The van der Waals surface area contributed by atoms with Crippen LogP contribution in [0, 0.1) is 40.4 Å². The van der Waals surface area contributed by atoms with E-state index in [0.29, 0.717) is 24.9 Å². The van der Waals surface area contributed by atoms with Crippen LogP contribution in [0.3, 0.4) is 0 Å². The van der Waals surface area contributed by atoms with Crippen molar-refractivity contribution >= 4 is 0 Å². The highest BCUT2D eigenvalue weighted by Crippen LogP contribution is 2.72. The third-order valence-electron chi connectivity index (χ3n) is 14.1. The van der Waals surface area contributed by atoms with Gasteiger partial charge in [-0.15, -0.1) is 0 Å². The Morgan fingerprint density at radius 2 is 1.68 bits per heavy atom. The van der Waals surface area contributed by atoms with Gasteiger partial charge in [-0.2, -0.15) is 0 Å². The van der Waals surface area contributed by atoms with Crippen LogP contribution in [0.4, 0.5) is 0 Å². The summed E-state index contributed by atoms with van der Waals surface area (Å²) < 4.78 is 25.6. The van der Waals surface area contributed by atoms with Gasteiger partial charge in [-0.25, -0.2) is 0 Å². The maximum Gasteiger partial charge on any atom is 0.187 e. The van der Waals surface area contributed by atoms with E-state index in [0.717, 1.165) is 44.1 Å². The van der Waals surface area contributed by atoms with Gasteiger partial charge >= 0.3 is 0 Å². The molecule has 1 spiro atoms. The molecule has 250 valence electrons. The molecule has 3 heterocycles. The zero-order chi connectivity index (χ0) is 31.6. The maximum absolute atomic E-state index is 11.8. The molecule has 7 N–H and O–H groups in total. The molecule has 4 aliphatic carbocycles. The number of hydrogen-bond acceptors (Lipinski definition) is 11. The van der Waals surface area contributed by atoms with Crippen molar-refractivity contribution in [2.45, 2.75) is 139 Å². The average Bonchev–Trinajstić information content (AvgIpc) is 3.44. The van der Waals surface area contributed by atoms with Crippen molar-refractivity contribution in [3.63, 3.8) is 0 Å². The summed E-state index contributed by atoms with van der Waals surface area (Å²) >= 11 is 0. The normalized spacial score (nSPS) is 60.5. The second-order valence-corrected chi connectivity index (χ2v) is 15.8. The lowest BCUT2D eigenvalue weighted by Crippen LogP contribution is -2.74. The quantitative estimate of drug-likeness (QED) is 0.173. The molecule has 4 saturated carbocycles. The number of fused-ring (bicyclic) bond motifs is 7. The highest BCUT2D eigenvalue weighted by Gasteiger charge is 2.73. The van der Waals surface area contributed by atoms with E-state index in [1.807, 2.05) is 6.92 Å². The largest absolute Gasteiger partial charge is 0.394 e. The first-order valence-corrected chi connectivity index (χ1v) is 16.7. The van der Waals surface area contributed by atoms with E-state index in [1.54, 1.807) is 0 Å². The average molecular weight is 625 g/mol. The van der Waals surface area contributed by atoms with Gasteiger partial charge in [0.25, 0.3) is 0 Å². The minimum atomic E-state index is -1.61. The Kier molecular flexibility index (Phi) is 7.72. The fraction of sp³-hybridized carbons (Fsp3) is 0.939. The second-order valence-electron chi connectivity index (χ2n) is 15.8. The maximum atomic E-state index is 11.8. The van der Waals surface area contributed by atoms with Crippen LogP contribution in [0.25, 0.3) is 0 Å². The SMILES string of the molecule is C=C1CC[C@@]2(OC1)O[C@H]1C[C@H]3[C@@H]4CC[C@]5(O[C@@H]6O[C@H](CO)[C@H](O)[C@H](O)[C@H]6O)C[C@@H](O)[C@@H](O)[C@@H](O)[C@]5(C)[C@H]4CC[C@]3(C)[C@H]1[C@@H]2C. The van der Waals surface area contributed by atoms with Gasteiger partial charge in [0, 0.05) is 24.2 Å². The molecule has 0 amide bonds. The summed E-state index contributed by atoms with van der Waals surface area (Å²) in [6.45, 7) is 10.7. The third kappa shape index (κ3) is 4.14. The summed E-state index contributed by atoms with van der Waals surface area (Å²) in [5.74, 6) is 0.493. The molecule has 3 aliphatic heterocycles. The van der Waals surface area contributed by atoms with E-state index in [1.165, 1.54) is 0 Å². The van der Waals surface area contributed by atoms with Gasteiger partial charge in [0.15, 0.2) is 12.1 Å². The second kappa shape index (κ2) is 10.7. The van der Waals surface area contributed by atoms with E-state index in [2.05, 4.69) is 20.4 Å². The molecule has 7 rings (SSSR count). The number of ether oxygens (including phenoxy) is 4. The fourth-order valence-corrected chi connectivity index (χ4v) is 11.7. The number of aliphatic hydroxyl groups excluding tert-OH is 7. The Labute approximate surface area is 259 Å². The summed E-state index contributed by atoms with van der Waals surface area (Å²) in [5, 5.41) is 75.3. The summed E-state index contributed by atoms with van der Waals surface area (Å²) in [4.78, 5) is 0. The lowest BCUT2D eigenvalue weighted by Gasteiger charge is -2.67. The van der Waals surface area contributed by atoms with Crippen molar-refractivity contribution < 1.29 is 54.7 Å². The molecule has 0 unspecified atom stereocenters. The first-order valence-electron chi connectivity index (χ1n) is 16.7. The van der Waals surface area contributed by atoms with Gasteiger partial charge in [-0.05, 0) is 67.6 Å². The zero-order valence-corrected chi connectivity index (χ0v) is 26.1. The Morgan fingerprint density at radius 3 is 2.36 bits per heavy atom. The van der Waals surface area contributed by atoms with Crippen molar-refractivity contribution in [1.82, 2.24) is 0 Å². The van der Waals surface area contributed by atoms with E-state index in [4.69, 9.17) is 18.9 Å². The van der Waals surface area contributed by atoms with Crippen molar-refractivity contribution in [3.8, 4) is 0 Å². The minimum absolute atomic E-state index is 0.0123. The summed E-state index contributed by atoms with van der Waals surface area (Å²) in [5.41, 5.74) is -1.10. The molecule has 0 bridgehead atoms. The standard InChI is InChI=1S/C33H52O11/c1-15-5-10-33(41-14-15)16(2)23-21(43-33)11-19-17-6-9-32(44-29-27(39)26(38)25(37)22(13-34)42-29)12-20(35)24(36)28(40)31(32,4)18(17)7-8-30(19,23)3/h16-29,34-40H,1,5-14H2,2-4H3/t16-,17+,18-,19-,20+,21-,22+,23-,24+,25-,26-,27+,28+,29-,30-,31-,32-,33+/m0/s1. The van der Waals surface area contributed by atoms with E-state index < -0.39 is 72.4 Å². The first kappa shape index (κ1) is 31.9. The molecule has 11 nitrogen and oxygen atoms in total. The molecule has 0 aromatic carbocycles. The Bertz CT molecular complexity index is 1120. The highest BCUT2D eigenvalue weighted by molar-refractivity contribution is 5.21. The van der Waals surface area contributed by atoms with E-state index >= 15 is 0 Å². The summed E-state index contributed by atoms with van der Waals surface area (Å²) in [7, 11) is 0. The highest BCUT2D eigenvalue weighted by atomic mass is 16.7. The van der Waals surface area contributed by atoms with Gasteiger partial charge in [0.05, 0.1) is 37.1 Å². The van der Waals surface area contributed by atoms with Crippen LogP contribution in [0.2, 0.25) is 0 Å². The lowest BCUT2D eigenvalue weighted by atomic mass is 9.42. The third-order valence-corrected chi connectivity index (χ3v) is 14.1. The number of rotatable bonds is 3. The van der Waals surface area contributed by atoms with E-state index in [9.17, 15) is 35.7 Å². The monoisotopic (exact) mass is 624 g/mol. The van der Waals surface area contributed by atoms with Crippen LogP contribution >= 0.6 is 0 Å². The number of hydrogen-bond donors (Lipinski definition) is 7. The molecule has 0 aromatic heterocycles. The molecule has 11 heteroatoms. The molecule has 0 radical (unpaired) electrons. The van der Waals surface area contributed by atoms with Crippen LogP contribution in [-0.4, -0.2) is 115 Å². The van der Waals surface area contributed by atoms with Crippen molar-refractivity contribution in [3.05, 3.63) is 12.2 Å². The van der Waals surface area contributed by atoms with Gasteiger partial charge < -0.3 is 54.7 Å². The molecular weight excluding hydrogens is 572 g/mol. The predicted octanol–water partition coefficient (Wildman–Crippen LogP) is 0.595. The van der Waals surface area contributed by atoms with Crippen molar-refractivity contribution in [2.75, 3.05) is 13.2 Å². The van der Waals surface area contributed by atoms with E-state index in [-0.39, 0.29) is 35.7 Å². The fourth-order valence-electron chi connectivity index (χ4n) is 11.7. The molecular formula is C33H52O11. The van der Waals surface area contributed by atoms with Gasteiger partial charge in [0.2, 0.25) is 0 Å². The Balaban J connectivity index is 1.19.